The molecule has 1 N–H and O–H groups in total. The summed E-state index contributed by atoms with van der Waals surface area (Å²) in [4.78, 5) is 0. The SMILES string of the molecule is CCC1(C)CCOS(=O)(=O)N1. The quantitative estimate of drug-likeness (QED) is 0.634. The molecule has 0 spiro atoms. The zero-order chi connectivity index (χ0) is 8.54. The average Bonchev–Trinajstić information content (AvgIpc) is 1.85. The lowest BCUT2D eigenvalue weighted by Gasteiger charge is -2.32. The van der Waals surface area contributed by atoms with Gasteiger partial charge in [-0.1, -0.05) is 6.92 Å². The van der Waals surface area contributed by atoms with Gasteiger partial charge in [0.15, 0.2) is 0 Å². The van der Waals surface area contributed by atoms with Gasteiger partial charge in [-0.05, 0) is 19.8 Å². The highest BCUT2D eigenvalue weighted by Gasteiger charge is 2.32. The molecule has 66 valence electrons. The van der Waals surface area contributed by atoms with E-state index in [9.17, 15) is 8.42 Å². The van der Waals surface area contributed by atoms with E-state index in [2.05, 4.69) is 8.91 Å². The second kappa shape index (κ2) is 2.73. The molecule has 1 saturated heterocycles. The van der Waals surface area contributed by atoms with Gasteiger partial charge in [0.1, 0.15) is 0 Å². The van der Waals surface area contributed by atoms with Gasteiger partial charge in [0, 0.05) is 5.54 Å². The molecule has 4 nitrogen and oxygen atoms in total. The standard InChI is InChI=1S/C6H13NO3S/c1-3-6(2)4-5-10-11(8,9)7-6/h7H,3-5H2,1-2H3. The summed E-state index contributed by atoms with van der Waals surface area (Å²) in [7, 11) is -3.45. The molecule has 0 aliphatic carbocycles. The summed E-state index contributed by atoms with van der Waals surface area (Å²) in [5.74, 6) is 0. The third-order valence-corrected chi connectivity index (χ3v) is 3.26. The average molecular weight is 179 g/mol. The van der Waals surface area contributed by atoms with Crippen molar-refractivity contribution in [3.05, 3.63) is 0 Å². The molecule has 5 heteroatoms. The van der Waals surface area contributed by atoms with Crippen LogP contribution < -0.4 is 4.72 Å². The lowest BCUT2D eigenvalue weighted by molar-refractivity contribution is 0.206. The highest BCUT2D eigenvalue weighted by Crippen LogP contribution is 2.20. The van der Waals surface area contributed by atoms with Gasteiger partial charge < -0.3 is 0 Å². The van der Waals surface area contributed by atoms with Gasteiger partial charge in [0.25, 0.3) is 0 Å². The minimum Gasteiger partial charge on any atom is -0.258 e. The first-order valence-electron chi connectivity index (χ1n) is 3.66. The van der Waals surface area contributed by atoms with Crippen LogP contribution in [-0.4, -0.2) is 20.6 Å². The van der Waals surface area contributed by atoms with Crippen molar-refractivity contribution in [2.75, 3.05) is 6.61 Å². The summed E-state index contributed by atoms with van der Waals surface area (Å²) in [6, 6.07) is 0. The fraction of sp³-hybridized carbons (Fsp3) is 1.00. The fourth-order valence-corrected chi connectivity index (χ4v) is 2.22. The Kier molecular flexibility index (Phi) is 2.22. The molecule has 1 unspecified atom stereocenters. The van der Waals surface area contributed by atoms with Crippen LogP contribution in [0.1, 0.15) is 26.7 Å². The van der Waals surface area contributed by atoms with E-state index in [1.165, 1.54) is 0 Å². The van der Waals surface area contributed by atoms with Crippen LogP contribution in [0.15, 0.2) is 0 Å². The first-order chi connectivity index (χ1) is 4.97. The Morgan fingerprint density at radius 1 is 1.64 bits per heavy atom. The lowest BCUT2D eigenvalue weighted by Crippen LogP contribution is -2.50. The van der Waals surface area contributed by atoms with Gasteiger partial charge in [-0.15, -0.1) is 0 Å². The van der Waals surface area contributed by atoms with Crippen molar-refractivity contribution in [3.63, 3.8) is 0 Å². The highest BCUT2D eigenvalue weighted by molar-refractivity contribution is 7.84. The van der Waals surface area contributed by atoms with Crippen molar-refractivity contribution in [1.82, 2.24) is 4.72 Å². The van der Waals surface area contributed by atoms with Crippen LogP contribution in [0.5, 0.6) is 0 Å². The molecule has 1 fully saturated rings. The molecule has 0 aromatic carbocycles. The summed E-state index contributed by atoms with van der Waals surface area (Å²) in [5.41, 5.74) is -0.308. The number of hydrogen-bond acceptors (Lipinski definition) is 3. The Morgan fingerprint density at radius 2 is 2.27 bits per heavy atom. The molecule has 1 heterocycles. The second-order valence-electron chi connectivity index (χ2n) is 3.04. The van der Waals surface area contributed by atoms with E-state index in [0.29, 0.717) is 6.61 Å². The molecule has 1 aliphatic rings. The molecule has 0 saturated carbocycles. The number of rotatable bonds is 1. The van der Waals surface area contributed by atoms with Crippen LogP contribution >= 0.6 is 0 Å². The summed E-state index contributed by atoms with van der Waals surface area (Å²) < 4.78 is 28.8. The van der Waals surface area contributed by atoms with E-state index in [-0.39, 0.29) is 5.54 Å². The molecule has 0 amide bonds. The predicted octanol–water partition coefficient (Wildman–Crippen LogP) is 0.410. The Hall–Kier alpha value is -0.130. The Bertz CT molecular complexity index is 236. The van der Waals surface area contributed by atoms with Gasteiger partial charge in [0.05, 0.1) is 6.61 Å². The van der Waals surface area contributed by atoms with Crippen LogP contribution in [0.25, 0.3) is 0 Å². The van der Waals surface area contributed by atoms with Crippen LogP contribution in [0.4, 0.5) is 0 Å². The van der Waals surface area contributed by atoms with Gasteiger partial charge in [-0.2, -0.15) is 13.1 Å². The maximum absolute atomic E-state index is 10.9. The van der Waals surface area contributed by atoms with Crippen molar-refractivity contribution < 1.29 is 12.6 Å². The molecule has 0 aromatic heterocycles. The van der Waals surface area contributed by atoms with Crippen LogP contribution in [-0.2, 0) is 14.5 Å². The third-order valence-electron chi connectivity index (χ3n) is 2.04. The van der Waals surface area contributed by atoms with Gasteiger partial charge >= 0.3 is 10.3 Å². The van der Waals surface area contributed by atoms with Crippen LogP contribution in [0.2, 0.25) is 0 Å². The zero-order valence-corrected chi connectivity index (χ0v) is 7.57. The van der Waals surface area contributed by atoms with E-state index in [1.54, 1.807) is 0 Å². The second-order valence-corrected chi connectivity index (χ2v) is 4.39. The summed E-state index contributed by atoms with van der Waals surface area (Å²) in [5, 5.41) is 0. The van der Waals surface area contributed by atoms with Crippen molar-refractivity contribution in [1.29, 1.82) is 0 Å². The Labute approximate surface area is 67.2 Å². The van der Waals surface area contributed by atoms with Crippen molar-refractivity contribution >= 4 is 10.3 Å². The van der Waals surface area contributed by atoms with E-state index < -0.39 is 10.3 Å². The molecule has 0 aromatic rings. The molecular weight excluding hydrogens is 166 g/mol. The van der Waals surface area contributed by atoms with Gasteiger partial charge in [-0.3, -0.25) is 4.18 Å². The molecular formula is C6H13NO3S. The van der Waals surface area contributed by atoms with E-state index in [4.69, 9.17) is 0 Å². The van der Waals surface area contributed by atoms with Crippen molar-refractivity contribution in [2.45, 2.75) is 32.2 Å². The van der Waals surface area contributed by atoms with E-state index in [0.717, 1.165) is 12.8 Å². The van der Waals surface area contributed by atoms with Crippen molar-refractivity contribution in [3.8, 4) is 0 Å². The van der Waals surface area contributed by atoms with Gasteiger partial charge in [-0.25, -0.2) is 0 Å². The van der Waals surface area contributed by atoms with Gasteiger partial charge in [0.2, 0.25) is 0 Å². The first kappa shape index (κ1) is 8.96. The monoisotopic (exact) mass is 179 g/mol. The summed E-state index contributed by atoms with van der Waals surface area (Å²) in [6.45, 7) is 4.13. The molecule has 0 radical (unpaired) electrons. The predicted molar refractivity (Wildman–Crippen MR) is 41.3 cm³/mol. The summed E-state index contributed by atoms with van der Waals surface area (Å²) >= 11 is 0. The minimum absolute atomic E-state index is 0.291. The van der Waals surface area contributed by atoms with Crippen LogP contribution in [0.3, 0.4) is 0 Å². The minimum atomic E-state index is -3.45. The molecule has 1 aliphatic heterocycles. The molecule has 1 rings (SSSR count). The Balaban J connectivity index is 2.75. The summed E-state index contributed by atoms with van der Waals surface area (Å²) in [6.07, 6.45) is 1.53. The molecule has 1 atom stereocenters. The maximum Gasteiger partial charge on any atom is 0.336 e. The largest absolute Gasteiger partial charge is 0.336 e. The molecule has 11 heavy (non-hydrogen) atoms. The zero-order valence-electron chi connectivity index (χ0n) is 6.75. The number of nitrogens with one attached hydrogen (secondary N) is 1. The van der Waals surface area contributed by atoms with E-state index in [1.807, 2.05) is 13.8 Å². The lowest BCUT2D eigenvalue weighted by atomic mass is 9.97. The number of hydrogen-bond donors (Lipinski definition) is 1. The first-order valence-corrected chi connectivity index (χ1v) is 5.07. The third kappa shape index (κ3) is 2.15. The molecule has 0 bridgehead atoms. The fourth-order valence-electron chi connectivity index (χ4n) is 1.01. The van der Waals surface area contributed by atoms with Crippen LogP contribution in [0, 0.1) is 0 Å². The normalized spacial score (nSPS) is 36.9. The highest BCUT2D eigenvalue weighted by atomic mass is 32.2. The topological polar surface area (TPSA) is 55.4 Å². The van der Waals surface area contributed by atoms with Crippen molar-refractivity contribution in [2.24, 2.45) is 0 Å². The van der Waals surface area contributed by atoms with E-state index >= 15 is 0 Å². The Morgan fingerprint density at radius 3 is 2.64 bits per heavy atom. The smallest absolute Gasteiger partial charge is 0.258 e. The maximum atomic E-state index is 10.9.